The van der Waals surface area contributed by atoms with E-state index in [4.69, 9.17) is 4.74 Å². The lowest BCUT2D eigenvalue weighted by atomic mass is 10.1. The number of hydrazine groups is 1. The number of nitrogens with one attached hydrogen (secondary N) is 1. The summed E-state index contributed by atoms with van der Waals surface area (Å²) in [5.74, 6) is -1.40. The number of halogens is 2. The largest absolute Gasteiger partial charge is 0.444 e. The average Bonchev–Trinajstić information content (AvgIpc) is 3.03. The van der Waals surface area contributed by atoms with Gasteiger partial charge in [0.1, 0.15) is 17.6 Å². The van der Waals surface area contributed by atoms with Crippen LogP contribution in [0.3, 0.4) is 0 Å². The molecule has 1 aromatic carbocycles. The van der Waals surface area contributed by atoms with Crippen LogP contribution in [0.4, 0.5) is 25.0 Å². The van der Waals surface area contributed by atoms with E-state index in [1.54, 1.807) is 4.90 Å². The average molecular weight is 495 g/mol. The molecule has 3 fully saturated rings. The van der Waals surface area contributed by atoms with Gasteiger partial charge in [0, 0.05) is 84.0 Å². The summed E-state index contributed by atoms with van der Waals surface area (Å²) in [6.07, 6.45) is -0.430. The molecule has 35 heavy (non-hydrogen) atoms. The highest BCUT2D eigenvalue weighted by atomic mass is 19.1. The molecule has 3 heterocycles. The van der Waals surface area contributed by atoms with Gasteiger partial charge in [0.05, 0.1) is 12.2 Å². The summed E-state index contributed by atoms with van der Waals surface area (Å²) >= 11 is 0. The molecule has 0 aromatic heterocycles. The van der Waals surface area contributed by atoms with Gasteiger partial charge in [-0.3, -0.25) is 15.2 Å². The van der Waals surface area contributed by atoms with Crippen LogP contribution in [0.15, 0.2) is 12.1 Å². The Hall–Kier alpha value is -2.34. The van der Waals surface area contributed by atoms with Gasteiger partial charge in [-0.05, 0) is 20.4 Å². The van der Waals surface area contributed by atoms with E-state index in [-0.39, 0.29) is 23.7 Å². The molecule has 3 aliphatic rings. The predicted molar refractivity (Wildman–Crippen MR) is 130 cm³/mol. The molecular formula is C24H36F2N6O3. The maximum atomic E-state index is 15.1. The van der Waals surface area contributed by atoms with Crippen LogP contribution in [0.5, 0.6) is 0 Å². The number of benzene rings is 1. The van der Waals surface area contributed by atoms with Gasteiger partial charge in [-0.1, -0.05) is 0 Å². The topological polar surface area (TPSA) is 71.6 Å². The molecule has 1 aromatic rings. The Kier molecular flexibility index (Phi) is 8.53. The molecule has 0 radical (unpaired) electrons. The minimum atomic E-state index is -0.703. The second-order valence-corrected chi connectivity index (χ2v) is 9.64. The summed E-state index contributed by atoms with van der Waals surface area (Å²) < 4.78 is 35.5. The molecule has 1 atom stereocenters. The zero-order chi connectivity index (χ0) is 24.9. The van der Waals surface area contributed by atoms with Crippen molar-refractivity contribution in [2.75, 3.05) is 88.8 Å². The van der Waals surface area contributed by atoms with Gasteiger partial charge in [-0.15, -0.1) is 0 Å². The second-order valence-electron chi connectivity index (χ2n) is 9.64. The molecule has 3 aliphatic heterocycles. The van der Waals surface area contributed by atoms with Crippen LogP contribution < -0.4 is 15.2 Å². The van der Waals surface area contributed by atoms with Crippen LogP contribution in [-0.2, 0) is 9.53 Å². The second kappa shape index (κ2) is 11.6. The number of rotatable bonds is 8. The van der Waals surface area contributed by atoms with Crippen molar-refractivity contribution >= 4 is 23.3 Å². The van der Waals surface area contributed by atoms with E-state index in [0.717, 1.165) is 39.3 Å². The highest BCUT2D eigenvalue weighted by Gasteiger charge is 2.34. The first-order valence-electron chi connectivity index (χ1n) is 12.4. The number of amides is 1. The Labute approximate surface area is 205 Å². The number of carbonyl (C=O) groups excluding carboxylic acids is 2. The number of piperazine rings is 1. The summed E-state index contributed by atoms with van der Waals surface area (Å²) in [7, 11) is 2.14. The van der Waals surface area contributed by atoms with E-state index in [1.165, 1.54) is 24.0 Å². The first kappa shape index (κ1) is 25.7. The molecular weight excluding hydrogens is 458 g/mol. The molecule has 0 saturated carbocycles. The van der Waals surface area contributed by atoms with Crippen molar-refractivity contribution in [3.8, 4) is 0 Å². The quantitative estimate of drug-likeness (QED) is 0.584. The van der Waals surface area contributed by atoms with Crippen molar-refractivity contribution in [1.82, 2.24) is 20.2 Å². The molecule has 3 saturated heterocycles. The van der Waals surface area contributed by atoms with Gasteiger partial charge in [0.2, 0.25) is 0 Å². The first-order chi connectivity index (χ1) is 16.8. The number of nitrogens with zero attached hydrogens (tertiary/aromatic N) is 5. The molecule has 4 rings (SSSR count). The Morgan fingerprint density at radius 2 is 1.77 bits per heavy atom. The number of hydrogen-bond donors (Lipinski definition) is 1. The monoisotopic (exact) mass is 494 g/mol. The zero-order valence-corrected chi connectivity index (χ0v) is 20.6. The maximum Gasteiger partial charge on any atom is 0.414 e. The van der Waals surface area contributed by atoms with E-state index in [9.17, 15) is 9.59 Å². The molecule has 1 amide bonds. The number of anilines is 2. The van der Waals surface area contributed by atoms with E-state index in [2.05, 4.69) is 27.3 Å². The minimum absolute atomic E-state index is 0.00535. The van der Waals surface area contributed by atoms with E-state index >= 15 is 8.78 Å². The Morgan fingerprint density at radius 3 is 2.46 bits per heavy atom. The summed E-state index contributed by atoms with van der Waals surface area (Å²) in [6, 6.07) is 2.38. The summed E-state index contributed by atoms with van der Waals surface area (Å²) in [4.78, 5) is 31.2. The summed E-state index contributed by atoms with van der Waals surface area (Å²) in [5.41, 5.74) is 3.43. The number of cyclic esters (lactones) is 1. The van der Waals surface area contributed by atoms with Gasteiger partial charge in [-0.25, -0.2) is 18.6 Å². The van der Waals surface area contributed by atoms with Crippen molar-refractivity contribution in [2.24, 2.45) is 0 Å². The molecule has 0 unspecified atom stereocenters. The molecule has 0 spiro atoms. The van der Waals surface area contributed by atoms with E-state index < -0.39 is 23.8 Å². The molecule has 0 bridgehead atoms. The van der Waals surface area contributed by atoms with Gasteiger partial charge >= 0.3 is 6.09 Å². The summed E-state index contributed by atoms with van der Waals surface area (Å²) in [5, 5.41) is 2.13. The third-order valence-corrected chi connectivity index (χ3v) is 6.96. The lowest BCUT2D eigenvalue weighted by Crippen LogP contribution is -2.49. The fourth-order valence-electron chi connectivity index (χ4n) is 4.78. The van der Waals surface area contributed by atoms with Gasteiger partial charge in [0.25, 0.3) is 0 Å². The predicted octanol–water partition coefficient (Wildman–Crippen LogP) is 1.53. The van der Waals surface area contributed by atoms with Crippen molar-refractivity contribution in [1.29, 1.82) is 0 Å². The molecule has 0 aliphatic carbocycles. The fraction of sp³-hybridized carbons (Fsp3) is 0.667. The first-order valence-corrected chi connectivity index (χ1v) is 12.4. The van der Waals surface area contributed by atoms with Crippen LogP contribution in [0, 0.1) is 11.6 Å². The van der Waals surface area contributed by atoms with Crippen molar-refractivity contribution in [3.05, 3.63) is 23.8 Å². The number of ether oxygens (including phenoxy) is 1. The van der Waals surface area contributed by atoms with Crippen LogP contribution in [0.25, 0.3) is 0 Å². The lowest BCUT2D eigenvalue weighted by molar-refractivity contribution is -0.117. The molecule has 9 nitrogen and oxygen atoms in total. The highest BCUT2D eigenvalue weighted by Crippen LogP contribution is 2.31. The van der Waals surface area contributed by atoms with Gasteiger partial charge in [-0.2, -0.15) is 0 Å². The zero-order valence-electron chi connectivity index (χ0n) is 20.6. The fourth-order valence-corrected chi connectivity index (χ4v) is 4.78. The normalized spacial score (nSPS) is 23.0. The van der Waals surface area contributed by atoms with Crippen molar-refractivity contribution in [2.45, 2.75) is 25.9 Å². The van der Waals surface area contributed by atoms with E-state index in [1.807, 2.05) is 0 Å². The third kappa shape index (κ3) is 6.66. The minimum Gasteiger partial charge on any atom is -0.444 e. The standard InChI is InChI=1S/C24H36F2N6O3/c1-18(33)3-4-20-17-32(24(34)35-20)19-15-21(25)23(22(26)16-19)30-6-5-27-31(14-12-30)13-11-29-9-7-28(2)8-10-29/h15-16,20,27H,3-14,17H2,1-2H3/t20-/m0/s1. The Morgan fingerprint density at radius 1 is 1.06 bits per heavy atom. The van der Waals surface area contributed by atoms with Crippen molar-refractivity contribution < 1.29 is 23.1 Å². The van der Waals surface area contributed by atoms with Gasteiger partial charge in [0.15, 0.2) is 11.6 Å². The Balaban J connectivity index is 1.34. The SMILES string of the molecule is CC(=O)CC[C@H]1CN(c2cc(F)c(N3CCNN(CCN4CCN(C)CC4)CC3)c(F)c2)C(=O)O1. The van der Waals surface area contributed by atoms with Crippen LogP contribution in [0.2, 0.25) is 0 Å². The van der Waals surface area contributed by atoms with E-state index in [0.29, 0.717) is 39.0 Å². The number of likely N-dealkylation sites (N-methyl/N-ethyl adjacent to an activating group) is 1. The number of Topliss-reactive ketones (excluding diaryl/α,β-unsaturated/α-hetero) is 1. The number of ketones is 1. The molecule has 194 valence electrons. The smallest absolute Gasteiger partial charge is 0.414 e. The van der Waals surface area contributed by atoms with Gasteiger partial charge < -0.3 is 19.3 Å². The number of hydrogen-bond acceptors (Lipinski definition) is 8. The third-order valence-electron chi connectivity index (χ3n) is 6.96. The Bertz CT molecular complexity index is 888. The van der Waals surface area contributed by atoms with Crippen LogP contribution in [-0.4, -0.2) is 112 Å². The maximum absolute atomic E-state index is 15.1. The molecule has 11 heteroatoms. The molecule has 1 N–H and O–H groups in total. The highest BCUT2D eigenvalue weighted by molar-refractivity contribution is 5.90. The van der Waals surface area contributed by atoms with Crippen LogP contribution >= 0.6 is 0 Å². The van der Waals surface area contributed by atoms with Crippen molar-refractivity contribution in [3.63, 3.8) is 0 Å². The lowest BCUT2D eigenvalue weighted by Gasteiger charge is -2.33. The number of carbonyl (C=O) groups is 2. The summed E-state index contributed by atoms with van der Waals surface area (Å²) in [6.45, 7) is 9.89. The van der Waals surface area contributed by atoms with Crippen LogP contribution in [0.1, 0.15) is 19.8 Å².